The normalized spacial score (nSPS) is 26.3. The lowest BCUT2D eigenvalue weighted by Crippen LogP contribution is -2.27. The standard InChI is InChI=1S/C12H19N3/c1-3-7-13-10(5-1)11-9-15-8-4-2-6-12(15)14-11/h9-10,13H,1-8H2/t10-/m0/s1. The predicted molar refractivity (Wildman–Crippen MR) is 59.8 cm³/mol. The van der Waals surface area contributed by atoms with E-state index in [-0.39, 0.29) is 0 Å². The number of rotatable bonds is 1. The minimum absolute atomic E-state index is 0.525. The van der Waals surface area contributed by atoms with Crippen molar-refractivity contribution >= 4 is 0 Å². The average Bonchev–Trinajstić information content (AvgIpc) is 2.74. The summed E-state index contributed by atoms with van der Waals surface area (Å²) in [5.74, 6) is 1.31. The van der Waals surface area contributed by atoms with Crippen LogP contribution in [-0.2, 0) is 13.0 Å². The van der Waals surface area contributed by atoms with Gasteiger partial charge in [-0.25, -0.2) is 4.98 Å². The number of aromatic nitrogens is 2. The molecule has 0 bridgehead atoms. The molecule has 3 heterocycles. The number of nitrogens with one attached hydrogen (secondary N) is 1. The summed E-state index contributed by atoms with van der Waals surface area (Å²) in [7, 11) is 0. The van der Waals surface area contributed by atoms with Gasteiger partial charge >= 0.3 is 0 Å². The zero-order valence-corrected chi connectivity index (χ0v) is 9.21. The number of aryl methyl sites for hydroxylation is 2. The fourth-order valence-corrected chi connectivity index (χ4v) is 2.71. The molecule has 0 radical (unpaired) electrons. The van der Waals surface area contributed by atoms with Crippen molar-refractivity contribution in [2.45, 2.75) is 51.1 Å². The van der Waals surface area contributed by atoms with Crippen molar-refractivity contribution in [2.24, 2.45) is 0 Å². The maximum atomic E-state index is 4.77. The molecule has 2 aliphatic heterocycles. The lowest BCUT2D eigenvalue weighted by Gasteiger charge is -2.21. The molecule has 1 aromatic heterocycles. The van der Waals surface area contributed by atoms with E-state index in [1.807, 2.05) is 0 Å². The Morgan fingerprint density at radius 3 is 3.07 bits per heavy atom. The lowest BCUT2D eigenvalue weighted by atomic mass is 10.0. The highest BCUT2D eigenvalue weighted by molar-refractivity contribution is 5.11. The van der Waals surface area contributed by atoms with E-state index in [9.17, 15) is 0 Å². The molecule has 0 aromatic carbocycles. The maximum Gasteiger partial charge on any atom is 0.109 e. The number of piperidine rings is 1. The van der Waals surface area contributed by atoms with Crippen LogP contribution in [0, 0.1) is 0 Å². The van der Waals surface area contributed by atoms with Crippen LogP contribution >= 0.6 is 0 Å². The quantitative estimate of drug-likeness (QED) is 0.760. The van der Waals surface area contributed by atoms with Gasteiger partial charge in [0.05, 0.1) is 11.7 Å². The van der Waals surface area contributed by atoms with Gasteiger partial charge in [-0.2, -0.15) is 0 Å². The van der Waals surface area contributed by atoms with E-state index in [0.29, 0.717) is 6.04 Å². The Labute approximate surface area is 90.9 Å². The van der Waals surface area contributed by atoms with Crippen molar-refractivity contribution in [3.8, 4) is 0 Å². The molecule has 1 saturated heterocycles. The number of hydrogen-bond donors (Lipinski definition) is 1. The molecule has 15 heavy (non-hydrogen) atoms. The molecule has 3 rings (SSSR count). The second kappa shape index (κ2) is 3.97. The smallest absolute Gasteiger partial charge is 0.109 e. The Kier molecular flexibility index (Phi) is 2.49. The number of hydrogen-bond acceptors (Lipinski definition) is 2. The van der Waals surface area contributed by atoms with Crippen molar-refractivity contribution in [1.82, 2.24) is 14.9 Å². The molecular formula is C12H19N3. The average molecular weight is 205 g/mol. The van der Waals surface area contributed by atoms with E-state index in [4.69, 9.17) is 4.98 Å². The SMILES string of the molecule is c1c([C@@H]2CCCCN2)nc2n1CCCC2. The summed E-state index contributed by atoms with van der Waals surface area (Å²) in [5.41, 5.74) is 1.28. The van der Waals surface area contributed by atoms with Crippen molar-refractivity contribution in [1.29, 1.82) is 0 Å². The van der Waals surface area contributed by atoms with Gasteiger partial charge in [-0.05, 0) is 32.2 Å². The lowest BCUT2D eigenvalue weighted by molar-refractivity contribution is 0.406. The second-order valence-corrected chi connectivity index (χ2v) is 4.73. The van der Waals surface area contributed by atoms with E-state index in [1.54, 1.807) is 0 Å². The molecule has 3 nitrogen and oxygen atoms in total. The Hall–Kier alpha value is -0.830. The van der Waals surface area contributed by atoms with Crippen LogP contribution in [0.4, 0.5) is 0 Å². The Balaban J connectivity index is 1.82. The molecule has 0 unspecified atom stereocenters. The number of nitrogens with zero attached hydrogens (tertiary/aromatic N) is 2. The van der Waals surface area contributed by atoms with Gasteiger partial charge in [0.15, 0.2) is 0 Å². The zero-order chi connectivity index (χ0) is 10.1. The van der Waals surface area contributed by atoms with Crippen LogP contribution in [-0.4, -0.2) is 16.1 Å². The van der Waals surface area contributed by atoms with E-state index >= 15 is 0 Å². The van der Waals surface area contributed by atoms with Gasteiger partial charge in [0.2, 0.25) is 0 Å². The van der Waals surface area contributed by atoms with Crippen LogP contribution in [0.25, 0.3) is 0 Å². The van der Waals surface area contributed by atoms with E-state index in [1.165, 1.54) is 56.6 Å². The molecule has 1 aromatic rings. The van der Waals surface area contributed by atoms with Crippen molar-refractivity contribution in [3.63, 3.8) is 0 Å². The first-order valence-electron chi connectivity index (χ1n) is 6.23. The largest absolute Gasteiger partial charge is 0.335 e. The van der Waals surface area contributed by atoms with Gasteiger partial charge in [-0.15, -0.1) is 0 Å². The Bertz CT molecular complexity index is 313. The zero-order valence-electron chi connectivity index (χ0n) is 9.21. The van der Waals surface area contributed by atoms with Gasteiger partial charge in [-0.3, -0.25) is 0 Å². The van der Waals surface area contributed by atoms with Gasteiger partial charge < -0.3 is 9.88 Å². The first kappa shape index (κ1) is 9.40. The summed E-state index contributed by atoms with van der Waals surface area (Å²) < 4.78 is 2.36. The van der Waals surface area contributed by atoms with Crippen LogP contribution in [0.2, 0.25) is 0 Å². The van der Waals surface area contributed by atoms with Crippen LogP contribution < -0.4 is 5.32 Å². The highest BCUT2D eigenvalue weighted by atomic mass is 15.1. The monoisotopic (exact) mass is 205 g/mol. The molecular weight excluding hydrogens is 186 g/mol. The van der Waals surface area contributed by atoms with Crippen molar-refractivity contribution < 1.29 is 0 Å². The fourth-order valence-electron chi connectivity index (χ4n) is 2.71. The Morgan fingerprint density at radius 1 is 1.27 bits per heavy atom. The van der Waals surface area contributed by atoms with Crippen LogP contribution in [0.5, 0.6) is 0 Å². The molecule has 0 aliphatic carbocycles. The van der Waals surface area contributed by atoms with Crippen LogP contribution in [0.3, 0.4) is 0 Å². The maximum absolute atomic E-state index is 4.77. The van der Waals surface area contributed by atoms with Gasteiger partial charge in [-0.1, -0.05) is 6.42 Å². The van der Waals surface area contributed by atoms with E-state index in [0.717, 1.165) is 6.54 Å². The first-order chi connectivity index (χ1) is 7.43. The van der Waals surface area contributed by atoms with Gasteiger partial charge in [0.25, 0.3) is 0 Å². The predicted octanol–water partition coefficient (Wildman–Crippen LogP) is 2.03. The third-order valence-electron chi connectivity index (χ3n) is 3.59. The number of imidazole rings is 1. The third-order valence-corrected chi connectivity index (χ3v) is 3.59. The minimum atomic E-state index is 0.525. The summed E-state index contributed by atoms with van der Waals surface area (Å²) in [4.78, 5) is 4.77. The fraction of sp³-hybridized carbons (Fsp3) is 0.750. The van der Waals surface area contributed by atoms with E-state index in [2.05, 4.69) is 16.1 Å². The Morgan fingerprint density at radius 2 is 2.27 bits per heavy atom. The second-order valence-electron chi connectivity index (χ2n) is 4.73. The molecule has 0 spiro atoms. The summed E-state index contributed by atoms with van der Waals surface area (Å²) in [6, 6.07) is 0.525. The first-order valence-corrected chi connectivity index (χ1v) is 6.23. The third kappa shape index (κ3) is 1.81. The van der Waals surface area contributed by atoms with Crippen molar-refractivity contribution in [3.05, 3.63) is 17.7 Å². The molecule has 1 N–H and O–H groups in total. The van der Waals surface area contributed by atoms with Crippen molar-refractivity contribution in [2.75, 3.05) is 6.54 Å². The summed E-state index contributed by atoms with van der Waals surface area (Å²) >= 11 is 0. The molecule has 0 saturated carbocycles. The molecule has 82 valence electrons. The molecule has 0 amide bonds. The summed E-state index contributed by atoms with van der Waals surface area (Å²) in [6.45, 7) is 2.34. The van der Waals surface area contributed by atoms with E-state index < -0.39 is 0 Å². The molecule has 1 fully saturated rings. The van der Waals surface area contributed by atoms with Gasteiger partial charge in [0.1, 0.15) is 5.82 Å². The highest BCUT2D eigenvalue weighted by Crippen LogP contribution is 2.24. The van der Waals surface area contributed by atoms with Gasteiger partial charge in [0, 0.05) is 19.2 Å². The minimum Gasteiger partial charge on any atom is -0.335 e. The molecule has 3 heteroatoms. The summed E-state index contributed by atoms with van der Waals surface area (Å²) in [5, 5.41) is 3.57. The van der Waals surface area contributed by atoms with Crippen LogP contribution in [0.15, 0.2) is 6.20 Å². The van der Waals surface area contributed by atoms with Crippen LogP contribution in [0.1, 0.15) is 49.7 Å². The topological polar surface area (TPSA) is 29.9 Å². The number of fused-ring (bicyclic) bond motifs is 1. The summed E-state index contributed by atoms with van der Waals surface area (Å²) in [6.07, 6.45) is 10.0. The highest BCUT2D eigenvalue weighted by Gasteiger charge is 2.20. The molecule has 2 aliphatic rings. The molecule has 1 atom stereocenters.